The maximum atomic E-state index is 12.0. The number of allylic oxidation sites excluding steroid dienone is 1. The molecule has 0 unspecified atom stereocenters. The number of hydrogen-bond donors (Lipinski definition) is 1. The summed E-state index contributed by atoms with van der Waals surface area (Å²) in [5, 5.41) is 0. The number of benzene rings is 1. The Bertz CT molecular complexity index is 388. The van der Waals surface area contributed by atoms with Crippen molar-refractivity contribution in [1.29, 1.82) is 0 Å². The molecule has 2 nitrogen and oxygen atoms in total. The van der Waals surface area contributed by atoms with Crippen LogP contribution in [0.3, 0.4) is 0 Å². The fourth-order valence-electron chi connectivity index (χ4n) is 1.33. The lowest BCUT2D eigenvalue weighted by atomic mass is 10.1. The molecule has 1 aromatic carbocycles. The van der Waals surface area contributed by atoms with Gasteiger partial charge in [-0.3, -0.25) is 0 Å². The van der Waals surface area contributed by atoms with E-state index in [2.05, 4.69) is 6.58 Å². The molecular formula is C12H14F3NO. The van der Waals surface area contributed by atoms with Crippen molar-refractivity contribution in [1.82, 2.24) is 0 Å². The number of hydrogen-bond acceptors (Lipinski definition) is 2. The van der Waals surface area contributed by atoms with Gasteiger partial charge >= 0.3 is 6.18 Å². The van der Waals surface area contributed by atoms with Crippen LogP contribution in [0.2, 0.25) is 0 Å². The first-order valence-corrected chi connectivity index (χ1v) is 5.11. The summed E-state index contributed by atoms with van der Waals surface area (Å²) in [6.07, 6.45) is -3.02. The Morgan fingerprint density at radius 2 is 2.06 bits per heavy atom. The second kappa shape index (κ2) is 5.61. The van der Waals surface area contributed by atoms with Gasteiger partial charge in [-0.1, -0.05) is 6.08 Å². The molecule has 1 rings (SSSR count). The zero-order chi connectivity index (χ0) is 12.9. The molecule has 94 valence electrons. The van der Waals surface area contributed by atoms with E-state index < -0.39 is 19.2 Å². The first-order valence-electron chi connectivity index (χ1n) is 5.11. The Hall–Kier alpha value is -1.65. The average Bonchev–Trinajstić information content (AvgIpc) is 2.20. The Labute approximate surface area is 97.9 Å². The van der Waals surface area contributed by atoms with Crippen LogP contribution in [0.15, 0.2) is 30.9 Å². The van der Waals surface area contributed by atoms with Crippen LogP contribution in [-0.2, 0) is 6.42 Å². The lowest BCUT2D eigenvalue weighted by molar-refractivity contribution is -0.139. The van der Waals surface area contributed by atoms with Gasteiger partial charge in [-0.15, -0.1) is 6.58 Å². The van der Waals surface area contributed by atoms with Gasteiger partial charge in [-0.05, 0) is 30.2 Å². The van der Waals surface area contributed by atoms with Crippen LogP contribution in [0.1, 0.15) is 12.0 Å². The van der Waals surface area contributed by atoms with Crippen LogP contribution in [0.5, 0.6) is 5.75 Å². The molecule has 0 aliphatic rings. The van der Waals surface area contributed by atoms with Crippen molar-refractivity contribution in [3.63, 3.8) is 0 Å². The summed E-state index contributed by atoms with van der Waals surface area (Å²) >= 11 is 0. The van der Waals surface area contributed by atoms with E-state index in [0.717, 1.165) is 5.56 Å². The summed E-state index contributed by atoms with van der Waals surface area (Å²) in [6.45, 7) is 3.18. The van der Waals surface area contributed by atoms with Gasteiger partial charge in [0.2, 0.25) is 0 Å². The van der Waals surface area contributed by atoms with E-state index in [0.29, 0.717) is 17.9 Å². The molecule has 0 aliphatic heterocycles. The first kappa shape index (κ1) is 13.4. The summed E-state index contributed by atoms with van der Waals surface area (Å²) in [4.78, 5) is 0. The Morgan fingerprint density at radius 3 is 2.65 bits per heavy atom. The summed E-state index contributed by atoms with van der Waals surface area (Å²) in [5.74, 6) is 0.420. The molecule has 2 N–H and O–H groups in total. The SMILES string of the molecule is C=CCc1cc(N)ccc1OCCC(F)(F)F. The highest BCUT2D eigenvalue weighted by Gasteiger charge is 2.26. The zero-order valence-corrected chi connectivity index (χ0v) is 9.26. The van der Waals surface area contributed by atoms with Crippen molar-refractivity contribution in [2.75, 3.05) is 12.3 Å². The van der Waals surface area contributed by atoms with Crippen molar-refractivity contribution < 1.29 is 17.9 Å². The van der Waals surface area contributed by atoms with Gasteiger partial charge in [0.05, 0.1) is 13.0 Å². The van der Waals surface area contributed by atoms with E-state index in [9.17, 15) is 13.2 Å². The lowest BCUT2D eigenvalue weighted by Gasteiger charge is -2.12. The fraction of sp³-hybridized carbons (Fsp3) is 0.333. The van der Waals surface area contributed by atoms with Gasteiger partial charge in [0.15, 0.2) is 0 Å². The molecule has 0 amide bonds. The van der Waals surface area contributed by atoms with Crippen molar-refractivity contribution in [2.45, 2.75) is 19.0 Å². The van der Waals surface area contributed by atoms with Gasteiger partial charge in [0, 0.05) is 5.69 Å². The van der Waals surface area contributed by atoms with Gasteiger partial charge in [-0.2, -0.15) is 13.2 Å². The van der Waals surface area contributed by atoms with Crippen molar-refractivity contribution in [2.24, 2.45) is 0 Å². The number of ether oxygens (including phenoxy) is 1. The molecule has 0 aliphatic carbocycles. The highest BCUT2D eigenvalue weighted by molar-refractivity contribution is 5.48. The number of anilines is 1. The highest BCUT2D eigenvalue weighted by Crippen LogP contribution is 2.24. The minimum absolute atomic E-state index is 0.391. The summed E-state index contributed by atoms with van der Waals surface area (Å²) < 4.78 is 41.0. The maximum Gasteiger partial charge on any atom is 0.392 e. The average molecular weight is 245 g/mol. The van der Waals surface area contributed by atoms with E-state index in [1.165, 1.54) is 0 Å². The molecule has 0 aromatic heterocycles. The van der Waals surface area contributed by atoms with Crippen molar-refractivity contribution in [3.8, 4) is 5.75 Å². The second-order valence-corrected chi connectivity index (χ2v) is 3.57. The van der Waals surface area contributed by atoms with Crippen LogP contribution in [-0.4, -0.2) is 12.8 Å². The summed E-state index contributed by atoms with van der Waals surface area (Å²) in [7, 11) is 0. The lowest BCUT2D eigenvalue weighted by Crippen LogP contribution is -2.13. The molecule has 0 fully saturated rings. The van der Waals surface area contributed by atoms with Gasteiger partial charge in [0.25, 0.3) is 0 Å². The number of nitrogens with two attached hydrogens (primary N) is 1. The van der Waals surface area contributed by atoms with E-state index in [-0.39, 0.29) is 0 Å². The topological polar surface area (TPSA) is 35.2 Å². The van der Waals surface area contributed by atoms with Crippen LogP contribution >= 0.6 is 0 Å². The Balaban J connectivity index is 2.66. The van der Waals surface area contributed by atoms with Crippen LogP contribution in [0.4, 0.5) is 18.9 Å². The second-order valence-electron chi connectivity index (χ2n) is 3.57. The molecule has 0 spiro atoms. The molecule has 17 heavy (non-hydrogen) atoms. The predicted molar refractivity (Wildman–Crippen MR) is 60.9 cm³/mol. The van der Waals surface area contributed by atoms with Gasteiger partial charge < -0.3 is 10.5 Å². The van der Waals surface area contributed by atoms with Crippen molar-refractivity contribution >= 4 is 5.69 Å². The monoisotopic (exact) mass is 245 g/mol. The normalized spacial score (nSPS) is 11.2. The third kappa shape index (κ3) is 4.80. The Kier molecular flexibility index (Phi) is 4.43. The van der Waals surface area contributed by atoms with E-state index in [1.807, 2.05) is 0 Å². The van der Waals surface area contributed by atoms with Crippen LogP contribution in [0.25, 0.3) is 0 Å². The third-order valence-corrected chi connectivity index (χ3v) is 2.09. The molecule has 0 saturated heterocycles. The Morgan fingerprint density at radius 1 is 1.35 bits per heavy atom. The van der Waals surface area contributed by atoms with E-state index in [4.69, 9.17) is 10.5 Å². The quantitative estimate of drug-likeness (QED) is 0.638. The predicted octanol–water partition coefficient (Wildman–Crippen LogP) is 3.33. The highest BCUT2D eigenvalue weighted by atomic mass is 19.4. The van der Waals surface area contributed by atoms with E-state index in [1.54, 1.807) is 24.3 Å². The van der Waals surface area contributed by atoms with Crippen LogP contribution in [0, 0.1) is 0 Å². The molecule has 1 aromatic rings. The number of alkyl halides is 3. The van der Waals surface area contributed by atoms with Gasteiger partial charge in [0.1, 0.15) is 5.75 Å². The standard InChI is InChI=1S/C12H14F3NO/c1-2-3-9-8-10(16)4-5-11(9)17-7-6-12(13,14)15/h2,4-5,8H,1,3,6-7,16H2. The molecule has 0 heterocycles. The number of nitrogen functional groups attached to an aromatic ring is 1. The molecule has 5 heteroatoms. The first-order chi connectivity index (χ1) is 7.92. The van der Waals surface area contributed by atoms with E-state index >= 15 is 0 Å². The zero-order valence-electron chi connectivity index (χ0n) is 9.26. The number of halogens is 3. The minimum Gasteiger partial charge on any atom is -0.493 e. The smallest absolute Gasteiger partial charge is 0.392 e. The molecule has 0 saturated carbocycles. The molecule has 0 bridgehead atoms. The molecular weight excluding hydrogens is 231 g/mol. The van der Waals surface area contributed by atoms with Crippen molar-refractivity contribution in [3.05, 3.63) is 36.4 Å². The third-order valence-electron chi connectivity index (χ3n) is 2.09. The maximum absolute atomic E-state index is 12.0. The summed E-state index contributed by atoms with van der Waals surface area (Å²) in [5.41, 5.74) is 6.87. The minimum atomic E-state index is -4.20. The van der Waals surface area contributed by atoms with Crippen LogP contribution < -0.4 is 10.5 Å². The fourth-order valence-corrected chi connectivity index (χ4v) is 1.33. The van der Waals surface area contributed by atoms with Gasteiger partial charge in [-0.25, -0.2) is 0 Å². The summed E-state index contributed by atoms with van der Waals surface area (Å²) in [6, 6.07) is 4.84. The number of rotatable bonds is 5. The largest absolute Gasteiger partial charge is 0.493 e. The molecule has 0 radical (unpaired) electrons. The molecule has 0 atom stereocenters.